The lowest BCUT2D eigenvalue weighted by molar-refractivity contribution is -0.116. The van der Waals surface area contributed by atoms with Gasteiger partial charge in [0.05, 0.1) is 7.11 Å². The zero-order valence-corrected chi connectivity index (χ0v) is 17.1. The molecule has 3 aromatic carbocycles. The topological polar surface area (TPSA) is 79.5 Å². The number of hydrogen-bond donors (Lipinski definition) is 3. The zero-order valence-electron chi connectivity index (χ0n) is 17.1. The summed E-state index contributed by atoms with van der Waals surface area (Å²) in [6, 6.07) is 21.9. The lowest BCUT2D eigenvalue weighted by Crippen LogP contribution is -2.19. The van der Waals surface area contributed by atoms with Crippen molar-refractivity contribution in [3.05, 3.63) is 83.9 Å². The normalized spacial score (nSPS) is 10.2. The summed E-state index contributed by atoms with van der Waals surface area (Å²) in [7, 11) is 1.62. The standard InChI is InChI=1S/C24H25N3O3/c1-17-12-14-20(26-24(29)25-19-9-4-3-5-10-19)16-21(17)27-23(28)15-13-18-8-6-7-11-22(18)30-2/h3-12,14,16H,13,15H2,1-2H3,(H,27,28)(H2,25,26,29). The first-order valence-electron chi connectivity index (χ1n) is 9.70. The van der Waals surface area contributed by atoms with E-state index < -0.39 is 0 Å². The largest absolute Gasteiger partial charge is 0.496 e. The minimum Gasteiger partial charge on any atom is -0.496 e. The lowest BCUT2D eigenvalue weighted by Gasteiger charge is -2.13. The minimum atomic E-state index is -0.349. The first kappa shape index (κ1) is 20.9. The van der Waals surface area contributed by atoms with Gasteiger partial charge in [-0.1, -0.05) is 42.5 Å². The Morgan fingerprint density at radius 2 is 1.53 bits per heavy atom. The SMILES string of the molecule is COc1ccccc1CCC(=O)Nc1cc(NC(=O)Nc2ccccc2)ccc1C. The number of nitrogens with one attached hydrogen (secondary N) is 3. The van der Waals surface area contributed by atoms with Crippen molar-refractivity contribution < 1.29 is 14.3 Å². The molecule has 6 heteroatoms. The maximum Gasteiger partial charge on any atom is 0.323 e. The van der Waals surface area contributed by atoms with Crippen molar-refractivity contribution in [2.45, 2.75) is 19.8 Å². The van der Waals surface area contributed by atoms with Gasteiger partial charge in [0.15, 0.2) is 0 Å². The predicted octanol–water partition coefficient (Wildman–Crippen LogP) is 5.22. The van der Waals surface area contributed by atoms with Crippen LogP contribution in [0.15, 0.2) is 72.8 Å². The molecule has 0 heterocycles. The van der Waals surface area contributed by atoms with E-state index in [1.165, 1.54) is 0 Å². The molecule has 0 aliphatic carbocycles. The summed E-state index contributed by atoms with van der Waals surface area (Å²) in [5, 5.41) is 8.48. The minimum absolute atomic E-state index is 0.102. The van der Waals surface area contributed by atoms with Gasteiger partial charge in [0.25, 0.3) is 0 Å². The molecule has 3 aromatic rings. The van der Waals surface area contributed by atoms with Gasteiger partial charge >= 0.3 is 6.03 Å². The summed E-state index contributed by atoms with van der Waals surface area (Å²) in [5.41, 5.74) is 3.85. The van der Waals surface area contributed by atoms with E-state index in [1.54, 1.807) is 19.2 Å². The van der Waals surface area contributed by atoms with Crippen LogP contribution >= 0.6 is 0 Å². The number of rotatable bonds is 7. The quantitative estimate of drug-likeness (QED) is 0.506. The Labute approximate surface area is 176 Å². The zero-order chi connectivity index (χ0) is 21.3. The van der Waals surface area contributed by atoms with Crippen molar-refractivity contribution in [2.75, 3.05) is 23.1 Å². The summed E-state index contributed by atoms with van der Waals surface area (Å²) in [6.45, 7) is 1.91. The van der Waals surface area contributed by atoms with Crippen molar-refractivity contribution in [1.29, 1.82) is 0 Å². The van der Waals surface area contributed by atoms with E-state index in [4.69, 9.17) is 4.74 Å². The molecule has 0 unspecified atom stereocenters. The van der Waals surface area contributed by atoms with E-state index in [0.29, 0.717) is 29.9 Å². The number of carbonyl (C=O) groups is 2. The van der Waals surface area contributed by atoms with Crippen LogP contribution in [0.25, 0.3) is 0 Å². The molecule has 30 heavy (non-hydrogen) atoms. The molecule has 3 amide bonds. The highest BCUT2D eigenvalue weighted by atomic mass is 16.5. The van der Waals surface area contributed by atoms with Crippen molar-refractivity contribution in [3.8, 4) is 5.75 Å². The maximum atomic E-state index is 12.5. The number of para-hydroxylation sites is 2. The first-order chi connectivity index (χ1) is 14.5. The third kappa shape index (κ3) is 5.85. The number of benzene rings is 3. The second kappa shape index (κ2) is 10.1. The highest BCUT2D eigenvalue weighted by molar-refractivity contribution is 6.00. The number of urea groups is 1. The van der Waals surface area contributed by atoms with Crippen LogP contribution < -0.4 is 20.7 Å². The molecular weight excluding hydrogens is 378 g/mol. The monoisotopic (exact) mass is 403 g/mol. The Morgan fingerprint density at radius 1 is 0.833 bits per heavy atom. The summed E-state index contributed by atoms with van der Waals surface area (Å²) >= 11 is 0. The summed E-state index contributed by atoms with van der Waals surface area (Å²) in [5.74, 6) is 0.673. The Morgan fingerprint density at radius 3 is 2.30 bits per heavy atom. The lowest BCUT2D eigenvalue weighted by atomic mass is 10.1. The number of aryl methyl sites for hydroxylation is 2. The molecule has 0 saturated carbocycles. The van der Waals surface area contributed by atoms with Crippen LogP contribution in [0.4, 0.5) is 21.9 Å². The van der Waals surface area contributed by atoms with Gasteiger partial charge in [0.1, 0.15) is 5.75 Å². The third-order valence-electron chi connectivity index (χ3n) is 4.62. The van der Waals surface area contributed by atoms with Crippen LogP contribution in [0.3, 0.4) is 0 Å². The summed E-state index contributed by atoms with van der Waals surface area (Å²) < 4.78 is 5.33. The molecule has 0 radical (unpaired) electrons. The summed E-state index contributed by atoms with van der Waals surface area (Å²) in [4.78, 5) is 24.7. The van der Waals surface area contributed by atoms with E-state index in [2.05, 4.69) is 16.0 Å². The Balaban J connectivity index is 1.59. The number of anilines is 3. The number of ether oxygens (including phenoxy) is 1. The number of methoxy groups -OCH3 is 1. The molecule has 0 aromatic heterocycles. The van der Waals surface area contributed by atoms with Gasteiger partial charge in [-0.2, -0.15) is 0 Å². The van der Waals surface area contributed by atoms with Gasteiger partial charge in [-0.3, -0.25) is 4.79 Å². The van der Waals surface area contributed by atoms with Gasteiger partial charge in [-0.25, -0.2) is 4.79 Å². The molecule has 0 saturated heterocycles. The predicted molar refractivity (Wildman–Crippen MR) is 120 cm³/mol. The average Bonchev–Trinajstić information content (AvgIpc) is 2.75. The number of carbonyl (C=O) groups excluding carboxylic acids is 2. The van der Waals surface area contributed by atoms with Crippen LogP contribution in [-0.4, -0.2) is 19.0 Å². The Bertz CT molecular complexity index is 1020. The van der Waals surface area contributed by atoms with E-state index >= 15 is 0 Å². The number of hydrogen-bond acceptors (Lipinski definition) is 3. The molecule has 3 rings (SSSR count). The molecule has 3 N–H and O–H groups in total. The van der Waals surface area contributed by atoms with Gasteiger partial charge in [0, 0.05) is 23.5 Å². The molecule has 0 spiro atoms. The second-order valence-corrected chi connectivity index (χ2v) is 6.83. The van der Waals surface area contributed by atoms with Crippen LogP contribution in [0, 0.1) is 6.92 Å². The fourth-order valence-corrected chi connectivity index (χ4v) is 3.02. The molecule has 0 aliphatic rings. The van der Waals surface area contributed by atoms with Gasteiger partial charge in [-0.15, -0.1) is 0 Å². The Kier molecular flexibility index (Phi) is 7.05. The van der Waals surface area contributed by atoms with Crippen molar-refractivity contribution in [2.24, 2.45) is 0 Å². The molecule has 0 bridgehead atoms. The van der Waals surface area contributed by atoms with Crippen LogP contribution in [0.1, 0.15) is 17.5 Å². The van der Waals surface area contributed by atoms with E-state index in [0.717, 1.165) is 16.9 Å². The van der Waals surface area contributed by atoms with Crippen LogP contribution in [-0.2, 0) is 11.2 Å². The van der Waals surface area contributed by atoms with E-state index in [-0.39, 0.29) is 11.9 Å². The fourth-order valence-electron chi connectivity index (χ4n) is 3.02. The molecule has 154 valence electrons. The van der Waals surface area contributed by atoms with Gasteiger partial charge < -0.3 is 20.7 Å². The van der Waals surface area contributed by atoms with Crippen molar-refractivity contribution >= 4 is 29.0 Å². The van der Waals surface area contributed by atoms with Gasteiger partial charge in [0.2, 0.25) is 5.91 Å². The third-order valence-corrected chi connectivity index (χ3v) is 4.62. The van der Waals surface area contributed by atoms with Crippen molar-refractivity contribution in [1.82, 2.24) is 0 Å². The smallest absolute Gasteiger partial charge is 0.323 e. The fraction of sp³-hybridized carbons (Fsp3) is 0.167. The summed E-state index contributed by atoms with van der Waals surface area (Å²) in [6.07, 6.45) is 0.901. The van der Waals surface area contributed by atoms with E-state index in [1.807, 2.05) is 67.6 Å². The van der Waals surface area contributed by atoms with Crippen LogP contribution in [0.5, 0.6) is 5.75 Å². The molecule has 0 fully saturated rings. The van der Waals surface area contributed by atoms with Gasteiger partial charge in [-0.05, 0) is 54.8 Å². The molecule has 6 nitrogen and oxygen atoms in total. The highest BCUT2D eigenvalue weighted by Gasteiger charge is 2.10. The average molecular weight is 403 g/mol. The van der Waals surface area contributed by atoms with Crippen LogP contribution in [0.2, 0.25) is 0 Å². The van der Waals surface area contributed by atoms with E-state index in [9.17, 15) is 9.59 Å². The number of amides is 3. The first-order valence-corrected chi connectivity index (χ1v) is 9.70. The molecule has 0 aliphatic heterocycles. The molecular formula is C24H25N3O3. The Hall–Kier alpha value is -3.80. The van der Waals surface area contributed by atoms with Crippen molar-refractivity contribution in [3.63, 3.8) is 0 Å². The highest BCUT2D eigenvalue weighted by Crippen LogP contribution is 2.22. The maximum absolute atomic E-state index is 12.5. The molecule has 0 atom stereocenters. The second-order valence-electron chi connectivity index (χ2n) is 6.83.